The summed E-state index contributed by atoms with van der Waals surface area (Å²) in [5.41, 5.74) is 16.9. The van der Waals surface area contributed by atoms with E-state index in [1.54, 1.807) is 0 Å². The Kier molecular flexibility index (Phi) is 7.85. The molecule has 0 fully saturated rings. The average molecular weight is 703 g/mol. The lowest BCUT2D eigenvalue weighted by molar-refractivity contribution is 0.637. The van der Waals surface area contributed by atoms with Crippen molar-refractivity contribution in [1.29, 1.82) is 0 Å². The highest BCUT2D eigenvalue weighted by Crippen LogP contribution is 2.52. The Bertz CT molecular complexity index is 2820. The van der Waals surface area contributed by atoms with Crippen molar-refractivity contribution in [2.45, 2.75) is 19.3 Å². The van der Waals surface area contributed by atoms with Gasteiger partial charge in [0, 0.05) is 22.1 Å². The van der Waals surface area contributed by atoms with Gasteiger partial charge in [0.05, 0.1) is 11.4 Å². The van der Waals surface area contributed by atoms with Crippen LogP contribution in [0.2, 0.25) is 0 Å². The molecule has 0 N–H and O–H groups in total. The number of nitrogens with zero attached hydrogens (tertiary/aromatic N) is 2. The van der Waals surface area contributed by atoms with Gasteiger partial charge in [-0.15, -0.1) is 0 Å². The molecule has 2 nitrogen and oxygen atoms in total. The predicted molar refractivity (Wildman–Crippen MR) is 230 cm³/mol. The zero-order valence-corrected chi connectivity index (χ0v) is 30.9. The van der Waals surface area contributed by atoms with Crippen LogP contribution in [0.3, 0.4) is 0 Å². The van der Waals surface area contributed by atoms with Crippen molar-refractivity contribution >= 4 is 10.8 Å². The fraction of sp³-hybridized carbons (Fsp3) is 0.0566. The topological polar surface area (TPSA) is 25.8 Å². The Hall–Kier alpha value is -6.90. The maximum atomic E-state index is 5.43. The van der Waals surface area contributed by atoms with Gasteiger partial charge in [-0.25, -0.2) is 9.97 Å². The molecule has 0 amide bonds. The summed E-state index contributed by atoms with van der Waals surface area (Å²) in [6.45, 7) is 4.60. The summed E-state index contributed by atoms with van der Waals surface area (Å²) in [6, 6.07) is 69.7. The summed E-state index contributed by atoms with van der Waals surface area (Å²) in [6.07, 6.45) is 0. The molecule has 2 heteroatoms. The smallest absolute Gasteiger partial charge is 0.160 e. The van der Waals surface area contributed by atoms with Gasteiger partial charge in [0.15, 0.2) is 5.82 Å². The molecule has 0 bridgehead atoms. The van der Waals surface area contributed by atoms with Gasteiger partial charge in [-0.1, -0.05) is 166 Å². The minimum atomic E-state index is -0.297. The third kappa shape index (κ3) is 5.84. The molecule has 55 heavy (non-hydrogen) atoms. The van der Waals surface area contributed by atoms with Crippen molar-refractivity contribution < 1.29 is 0 Å². The van der Waals surface area contributed by atoms with Crippen LogP contribution in [0.15, 0.2) is 194 Å². The molecule has 0 saturated carbocycles. The van der Waals surface area contributed by atoms with E-state index in [9.17, 15) is 0 Å². The predicted octanol–water partition coefficient (Wildman–Crippen LogP) is 13.9. The molecule has 1 aliphatic carbocycles. The fourth-order valence-corrected chi connectivity index (χ4v) is 8.30. The van der Waals surface area contributed by atoms with Crippen LogP contribution in [0.4, 0.5) is 0 Å². The van der Waals surface area contributed by atoms with E-state index >= 15 is 0 Å². The van der Waals surface area contributed by atoms with E-state index in [4.69, 9.17) is 9.97 Å². The average Bonchev–Trinajstić information content (AvgIpc) is 3.48. The highest BCUT2D eigenvalue weighted by molar-refractivity contribution is 5.97. The standard InChI is InChI=1S/C53H38N2/c1-53(2)48-34-42-23-13-12-22-41(42)33-47(48)49-50(37-20-10-5-11-21-37)54-52(55-51(49)53)43-27-15-25-39(29-43)38-24-14-26-40(28-38)46-31-44(35-16-6-3-7-17-35)30-45(32-46)36-18-8-4-9-19-36/h3-34H,1-2H3. The molecular formula is C53H38N2. The summed E-state index contributed by atoms with van der Waals surface area (Å²) in [4.78, 5) is 10.8. The van der Waals surface area contributed by atoms with Gasteiger partial charge in [-0.2, -0.15) is 0 Å². The van der Waals surface area contributed by atoms with Crippen molar-refractivity contribution in [3.05, 3.63) is 205 Å². The van der Waals surface area contributed by atoms with Crippen LogP contribution in [-0.2, 0) is 5.41 Å². The van der Waals surface area contributed by atoms with E-state index in [0.717, 1.165) is 45.0 Å². The highest BCUT2D eigenvalue weighted by atomic mass is 14.9. The second-order valence-electron chi connectivity index (χ2n) is 15.0. The fourth-order valence-electron chi connectivity index (χ4n) is 8.30. The Morgan fingerprint density at radius 1 is 0.345 bits per heavy atom. The first-order valence-corrected chi connectivity index (χ1v) is 19.0. The van der Waals surface area contributed by atoms with Crippen LogP contribution in [0.5, 0.6) is 0 Å². The molecule has 1 aromatic heterocycles. The first kappa shape index (κ1) is 32.7. The third-order valence-electron chi connectivity index (χ3n) is 11.2. The molecule has 0 radical (unpaired) electrons. The molecular weight excluding hydrogens is 665 g/mol. The summed E-state index contributed by atoms with van der Waals surface area (Å²) >= 11 is 0. The van der Waals surface area contributed by atoms with E-state index in [1.165, 1.54) is 55.3 Å². The molecule has 9 aromatic rings. The first-order valence-electron chi connectivity index (χ1n) is 19.0. The van der Waals surface area contributed by atoms with Crippen LogP contribution in [0.1, 0.15) is 25.1 Å². The molecule has 0 atom stereocenters. The van der Waals surface area contributed by atoms with Crippen molar-refractivity contribution in [1.82, 2.24) is 9.97 Å². The van der Waals surface area contributed by atoms with Gasteiger partial charge < -0.3 is 0 Å². The Labute approximate surface area is 322 Å². The number of hydrogen-bond acceptors (Lipinski definition) is 2. The lowest BCUT2D eigenvalue weighted by atomic mass is 9.84. The largest absolute Gasteiger partial charge is 0.231 e. The van der Waals surface area contributed by atoms with Gasteiger partial charge in [0.1, 0.15) is 0 Å². The van der Waals surface area contributed by atoms with E-state index in [-0.39, 0.29) is 5.41 Å². The van der Waals surface area contributed by atoms with Crippen LogP contribution >= 0.6 is 0 Å². The molecule has 8 aromatic carbocycles. The minimum absolute atomic E-state index is 0.297. The Morgan fingerprint density at radius 3 is 1.35 bits per heavy atom. The number of rotatable bonds is 6. The van der Waals surface area contributed by atoms with E-state index in [2.05, 4.69) is 208 Å². The third-order valence-corrected chi connectivity index (χ3v) is 11.2. The van der Waals surface area contributed by atoms with Gasteiger partial charge in [0.2, 0.25) is 0 Å². The molecule has 1 aliphatic rings. The normalized spacial score (nSPS) is 12.7. The molecule has 0 saturated heterocycles. The van der Waals surface area contributed by atoms with E-state index in [1.807, 2.05) is 0 Å². The minimum Gasteiger partial charge on any atom is -0.231 e. The van der Waals surface area contributed by atoms with E-state index < -0.39 is 0 Å². The quantitative estimate of drug-likeness (QED) is 0.172. The molecule has 0 aliphatic heterocycles. The summed E-state index contributed by atoms with van der Waals surface area (Å²) in [7, 11) is 0. The first-order chi connectivity index (χ1) is 27.0. The maximum absolute atomic E-state index is 5.43. The number of hydrogen-bond donors (Lipinski definition) is 0. The SMILES string of the molecule is CC1(C)c2cc3ccccc3cc2-c2c(-c3ccccc3)nc(-c3cccc(-c4cccc(-c5cc(-c6ccccc6)cc(-c6ccccc6)c5)c4)c3)nc21. The monoisotopic (exact) mass is 702 g/mol. The molecule has 260 valence electrons. The Morgan fingerprint density at radius 2 is 0.764 bits per heavy atom. The molecule has 0 unspecified atom stereocenters. The van der Waals surface area contributed by atoms with Gasteiger partial charge in [-0.05, 0) is 109 Å². The zero-order valence-electron chi connectivity index (χ0n) is 30.9. The summed E-state index contributed by atoms with van der Waals surface area (Å²) in [5.74, 6) is 0.740. The van der Waals surface area contributed by atoms with Crippen molar-refractivity contribution in [3.8, 4) is 78.3 Å². The zero-order chi connectivity index (χ0) is 36.9. The molecule has 10 rings (SSSR count). The molecule has 1 heterocycles. The second-order valence-corrected chi connectivity index (χ2v) is 15.0. The van der Waals surface area contributed by atoms with Gasteiger partial charge >= 0.3 is 0 Å². The van der Waals surface area contributed by atoms with Crippen LogP contribution in [-0.4, -0.2) is 9.97 Å². The van der Waals surface area contributed by atoms with Crippen LogP contribution in [0.25, 0.3) is 89.1 Å². The van der Waals surface area contributed by atoms with Crippen LogP contribution in [0, 0.1) is 0 Å². The number of benzene rings is 8. The van der Waals surface area contributed by atoms with Gasteiger partial charge in [0.25, 0.3) is 0 Å². The maximum Gasteiger partial charge on any atom is 0.160 e. The van der Waals surface area contributed by atoms with Gasteiger partial charge in [-0.3, -0.25) is 0 Å². The summed E-state index contributed by atoms with van der Waals surface area (Å²) in [5, 5.41) is 2.47. The lowest BCUT2D eigenvalue weighted by Crippen LogP contribution is -2.17. The van der Waals surface area contributed by atoms with Crippen molar-refractivity contribution in [3.63, 3.8) is 0 Å². The summed E-state index contributed by atoms with van der Waals surface area (Å²) < 4.78 is 0. The van der Waals surface area contributed by atoms with Crippen molar-refractivity contribution in [2.75, 3.05) is 0 Å². The Balaban J connectivity index is 1.09. The highest BCUT2D eigenvalue weighted by Gasteiger charge is 2.40. The number of fused-ring (bicyclic) bond motifs is 4. The lowest BCUT2D eigenvalue weighted by Gasteiger charge is -2.21. The van der Waals surface area contributed by atoms with Crippen LogP contribution < -0.4 is 0 Å². The van der Waals surface area contributed by atoms with E-state index in [0.29, 0.717) is 0 Å². The molecule has 0 spiro atoms. The second kappa shape index (κ2) is 13.2. The van der Waals surface area contributed by atoms with Crippen molar-refractivity contribution in [2.24, 2.45) is 0 Å². The number of aromatic nitrogens is 2.